The molecule has 0 saturated carbocycles. The third kappa shape index (κ3) is 3.01. The molecule has 0 amide bonds. The summed E-state index contributed by atoms with van der Waals surface area (Å²) in [7, 11) is 0. The highest BCUT2D eigenvalue weighted by Crippen LogP contribution is 2.24. The molecule has 3 rings (SSSR count). The van der Waals surface area contributed by atoms with E-state index in [1.54, 1.807) is 18.3 Å². The van der Waals surface area contributed by atoms with Crippen molar-refractivity contribution in [2.45, 2.75) is 6.54 Å². The van der Waals surface area contributed by atoms with Crippen molar-refractivity contribution < 1.29 is 4.39 Å². The van der Waals surface area contributed by atoms with Gasteiger partial charge in [0.15, 0.2) is 0 Å². The highest BCUT2D eigenvalue weighted by atomic mass is 79.9. The normalized spacial score (nSPS) is 10.8. The summed E-state index contributed by atoms with van der Waals surface area (Å²) in [6, 6.07) is 12.5. The minimum absolute atomic E-state index is 0.307. The van der Waals surface area contributed by atoms with Crippen LogP contribution in [0.1, 0.15) is 5.56 Å². The SMILES string of the molecule is Fc1cccc(Cl)c1Cn1ccnc1-c1ccc(Br)cc1. The smallest absolute Gasteiger partial charge is 0.140 e. The van der Waals surface area contributed by atoms with Crippen molar-refractivity contribution >= 4 is 27.5 Å². The van der Waals surface area contributed by atoms with E-state index >= 15 is 0 Å². The van der Waals surface area contributed by atoms with Crippen LogP contribution in [-0.4, -0.2) is 9.55 Å². The van der Waals surface area contributed by atoms with Gasteiger partial charge < -0.3 is 4.57 Å². The van der Waals surface area contributed by atoms with E-state index in [4.69, 9.17) is 11.6 Å². The van der Waals surface area contributed by atoms with E-state index in [0.717, 1.165) is 15.9 Å². The maximum absolute atomic E-state index is 13.9. The van der Waals surface area contributed by atoms with E-state index in [9.17, 15) is 4.39 Å². The topological polar surface area (TPSA) is 17.8 Å². The number of benzene rings is 2. The summed E-state index contributed by atoms with van der Waals surface area (Å²) in [4.78, 5) is 4.35. The van der Waals surface area contributed by atoms with E-state index < -0.39 is 0 Å². The molecule has 0 radical (unpaired) electrons. The second-order valence-corrected chi connectivity index (χ2v) is 5.91. The Morgan fingerprint density at radius 3 is 2.62 bits per heavy atom. The molecule has 5 heteroatoms. The zero-order valence-corrected chi connectivity index (χ0v) is 13.3. The van der Waals surface area contributed by atoms with Gasteiger partial charge in [0.1, 0.15) is 11.6 Å². The van der Waals surface area contributed by atoms with Crippen LogP contribution in [0, 0.1) is 5.82 Å². The lowest BCUT2D eigenvalue weighted by Gasteiger charge is -2.10. The minimum atomic E-state index is -0.307. The lowest BCUT2D eigenvalue weighted by molar-refractivity contribution is 0.600. The molecule has 2 aromatic carbocycles. The molecule has 1 aromatic heterocycles. The molecule has 0 aliphatic rings. The van der Waals surface area contributed by atoms with Crippen molar-refractivity contribution in [1.29, 1.82) is 0 Å². The Morgan fingerprint density at radius 1 is 1.14 bits per heavy atom. The van der Waals surface area contributed by atoms with Crippen LogP contribution in [0.4, 0.5) is 4.39 Å². The number of halogens is 3. The van der Waals surface area contributed by atoms with Crippen molar-refractivity contribution in [2.75, 3.05) is 0 Å². The molecule has 0 bridgehead atoms. The molecule has 2 nitrogen and oxygen atoms in total. The van der Waals surface area contributed by atoms with E-state index in [1.807, 2.05) is 35.0 Å². The van der Waals surface area contributed by atoms with Gasteiger partial charge >= 0.3 is 0 Å². The van der Waals surface area contributed by atoms with Gasteiger partial charge in [-0.05, 0) is 24.3 Å². The Kier molecular flexibility index (Phi) is 4.08. The number of rotatable bonds is 3. The van der Waals surface area contributed by atoms with Crippen LogP contribution in [0.15, 0.2) is 59.3 Å². The maximum atomic E-state index is 13.9. The maximum Gasteiger partial charge on any atom is 0.140 e. The Balaban J connectivity index is 1.98. The summed E-state index contributed by atoms with van der Waals surface area (Å²) in [5.74, 6) is 0.472. The van der Waals surface area contributed by atoms with Gasteiger partial charge in [-0.2, -0.15) is 0 Å². The number of aromatic nitrogens is 2. The molecule has 0 atom stereocenters. The molecule has 0 spiro atoms. The summed E-state index contributed by atoms with van der Waals surface area (Å²) in [5.41, 5.74) is 1.44. The Labute approximate surface area is 135 Å². The van der Waals surface area contributed by atoms with Crippen molar-refractivity contribution in [1.82, 2.24) is 9.55 Å². The molecule has 106 valence electrons. The van der Waals surface area contributed by atoms with E-state index in [1.165, 1.54) is 6.07 Å². The Hall–Kier alpha value is -1.65. The standard InChI is InChI=1S/C16H11BrClFN2/c17-12-6-4-11(5-7-12)16-20-8-9-21(16)10-13-14(18)2-1-3-15(13)19/h1-9H,10H2. The van der Waals surface area contributed by atoms with Crippen LogP contribution in [0.5, 0.6) is 0 Å². The zero-order chi connectivity index (χ0) is 14.8. The molecule has 1 heterocycles. The lowest BCUT2D eigenvalue weighted by Crippen LogP contribution is -2.04. The van der Waals surface area contributed by atoms with Crippen LogP contribution >= 0.6 is 27.5 Å². The fourth-order valence-corrected chi connectivity index (χ4v) is 2.64. The number of nitrogens with zero attached hydrogens (tertiary/aromatic N) is 2. The third-order valence-corrected chi connectivity index (χ3v) is 4.09. The molecule has 0 fully saturated rings. The fraction of sp³-hybridized carbons (Fsp3) is 0.0625. The van der Waals surface area contributed by atoms with E-state index in [0.29, 0.717) is 17.1 Å². The first-order valence-corrected chi connectivity index (χ1v) is 7.52. The van der Waals surface area contributed by atoms with Gasteiger partial charge in [-0.15, -0.1) is 0 Å². The highest BCUT2D eigenvalue weighted by Gasteiger charge is 2.11. The average molecular weight is 366 g/mol. The van der Waals surface area contributed by atoms with Gasteiger partial charge in [-0.1, -0.05) is 45.7 Å². The first kappa shape index (κ1) is 14.3. The third-order valence-electron chi connectivity index (χ3n) is 3.21. The van der Waals surface area contributed by atoms with Gasteiger partial charge in [0.25, 0.3) is 0 Å². The number of imidazole rings is 1. The van der Waals surface area contributed by atoms with Gasteiger partial charge in [-0.25, -0.2) is 9.37 Å². The average Bonchev–Trinajstić information content (AvgIpc) is 2.92. The predicted octanol–water partition coefficient (Wildman–Crippen LogP) is 5.15. The summed E-state index contributed by atoms with van der Waals surface area (Å²) in [6.07, 6.45) is 3.52. The first-order valence-electron chi connectivity index (χ1n) is 6.35. The fourth-order valence-electron chi connectivity index (χ4n) is 2.15. The predicted molar refractivity (Wildman–Crippen MR) is 85.9 cm³/mol. The van der Waals surface area contributed by atoms with Crippen LogP contribution in [0.3, 0.4) is 0 Å². The molecule has 21 heavy (non-hydrogen) atoms. The van der Waals surface area contributed by atoms with Crippen LogP contribution in [0.2, 0.25) is 5.02 Å². The summed E-state index contributed by atoms with van der Waals surface area (Å²) < 4.78 is 16.8. The molecule has 3 aromatic rings. The van der Waals surface area contributed by atoms with Crippen molar-refractivity contribution in [3.05, 3.63) is 75.7 Å². The van der Waals surface area contributed by atoms with Crippen molar-refractivity contribution in [2.24, 2.45) is 0 Å². The summed E-state index contributed by atoms with van der Waals surface area (Å²) in [6.45, 7) is 0.344. The van der Waals surface area contributed by atoms with Gasteiger partial charge in [0.2, 0.25) is 0 Å². The van der Waals surface area contributed by atoms with Gasteiger partial charge in [0.05, 0.1) is 6.54 Å². The second-order valence-electron chi connectivity index (χ2n) is 4.59. The highest BCUT2D eigenvalue weighted by molar-refractivity contribution is 9.10. The van der Waals surface area contributed by atoms with Crippen LogP contribution in [-0.2, 0) is 6.54 Å². The molecular weight excluding hydrogens is 355 g/mol. The van der Waals surface area contributed by atoms with Crippen LogP contribution < -0.4 is 0 Å². The quantitative estimate of drug-likeness (QED) is 0.627. The number of hydrogen-bond acceptors (Lipinski definition) is 1. The van der Waals surface area contributed by atoms with Gasteiger partial charge in [-0.3, -0.25) is 0 Å². The minimum Gasteiger partial charge on any atom is -0.326 e. The molecule has 0 aliphatic carbocycles. The van der Waals surface area contributed by atoms with E-state index in [-0.39, 0.29) is 5.82 Å². The molecule has 0 unspecified atom stereocenters. The van der Waals surface area contributed by atoms with Crippen LogP contribution in [0.25, 0.3) is 11.4 Å². The Morgan fingerprint density at radius 2 is 1.90 bits per heavy atom. The monoisotopic (exact) mass is 364 g/mol. The Bertz CT molecular complexity index is 748. The van der Waals surface area contributed by atoms with Crippen molar-refractivity contribution in [3.63, 3.8) is 0 Å². The molecule has 0 aliphatic heterocycles. The first-order chi connectivity index (χ1) is 10.1. The van der Waals surface area contributed by atoms with Crippen molar-refractivity contribution in [3.8, 4) is 11.4 Å². The van der Waals surface area contributed by atoms with Gasteiger partial charge in [0, 0.05) is 33.0 Å². The molecule has 0 saturated heterocycles. The second kappa shape index (κ2) is 6.00. The lowest BCUT2D eigenvalue weighted by atomic mass is 10.2. The number of hydrogen-bond donors (Lipinski definition) is 0. The zero-order valence-electron chi connectivity index (χ0n) is 10.9. The molecular formula is C16H11BrClFN2. The van der Waals surface area contributed by atoms with E-state index in [2.05, 4.69) is 20.9 Å². The largest absolute Gasteiger partial charge is 0.326 e. The summed E-state index contributed by atoms with van der Waals surface area (Å²) >= 11 is 9.49. The molecule has 0 N–H and O–H groups in total. The summed E-state index contributed by atoms with van der Waals surface area (Å²) in [5, 5.41) is 0.422.